The molecule has 0 aliphatic heterocycles. The molecule has 9 N–H and O–H groups in total. The molecule has 0 saturated carbocycles. The summed E-state index contributed by atoms with van der Waals surface area (Å²) in [7, 11) is 0. The van der Waals surface area contributed by atoms with Crippen molar-refractivity contribution in [2.24, 2.45) is 23.2 Å². The third-order valence-electron chi connectivity index (χ3n) is 1.92. The van der Waals surface area contributed by atoms with Crippen LogP contribution in [0.4, 0.5) is 21.0 Å². The summed E-state index contributed by atoms with van der Waals surface area (Å²) in [4.78, 5) is 21.7. The molecule has 17 heavy (non-hydrogen) atoms. The minimum Gasteiger partial charge on any atom is -0.508 e. The van der Waals surface area contributed by atoms with Crippen molar-refractivity contribution in [1.82, 2.24) is 0 Å². The smallest absolute Gasteiger partial charge is 0.333 e. The topological polar surface area (TPSA) is 165 Å². The molecule has 0 unspecified atom stereocenters. The predicted octanol–water partition coefficient (Wildman–Crippen LogP) is -1.09. The Balaban J connectivity index is 3.19. The first-order valence-corrected chi connectivity index (χ1v) is 4.35. The molecule has 9 heteroatoms. The van der Waals surface area contributed by atoms with Crippen molar-refractivity contribution in [1.29, 1.82) is 0 Å². The second kappa shape index (κ2) is 4.55. The van der Waals surface area contributed by atoms with Crippen LogP contribution in [0.15, 0.2) is 18.2 Å². The molecule has 9 nitrogen and oxygen atoms in total. The molecule has 0 aliphatic carbocycles. The van der Waals surface area contributed by atoms with Gasteiger partial charge in [-0.05, 0) is 6.07 Å². The number of aromatic hydroxyl groups is 1. The van der Waals surface area contributed by atoms with Crippen LogP contribution in [-0.4, -0.2) is 17.2 Å². The standard InChI is InChI=1S/C8H12N6O3/c9-7(16)13(11)4-1-5(3-6(15)2-4)14(12)8(10)17/h1-3,15H,11-12H2,(H2,9,16)(H2,10,17). The Bertz CT molecular complexity index is 424. The Morgan fingerprint density at radius 2 is 1.29 bits per heavy atom. The second-order valence-electron chi connectivity index (χ2n) is 3.12. The summed E-state index contributed by atoms with van der Waals surface area (Å²) < 4.78 is 0. The van der Waals surface area contributed by atoms with Gasteiger partial charge in [0.2, 0.25) is 0 Å². The maximum absolute atomic E-state index is 10.8. The maximum atomic E-state index is 10.8. The van der Waals surface area contributed by atoms with Crippen molar-refractivity contribution in [3.05, 3.63) is 18.2 Å². The third-order valence-corrected chi connectivity index (χ3v) is 1.92. The molecule has 0 aliphatic rings. The Labute approximate surface area is 96.1 Å². The molecular formula is C8H12N6O3. The van der Waals surface area contributed by atoms with Crippen molar-refractivity contribution in [3.63, 3.8) is 0 Å². The lowest BCUT2D eigenvalue weighted by atomic mass is 10.2. The first-order chi connectivity index (χ1) is 7.82. The van der Waals surface area contributed by atoms with Gasteiger partial charge in [0.05, 0.1) is 11.4 Å². The zero-order chi connectivity index (χ0) is 13.2. The molecular weight excluding hydrogens is 228 g/mol. The highest BCUT2D eigenvalue weighted by molar-refractivity contribution is 5.93. The Hall–Kier alpha value is -2.52. The van der Waals surface area contributed by atoms with E-state index in [9.17, 15) is 14.7 Å². The van der Waals surface area contributed by atoms with Gasteiger partial charge in [0.15, 0.2) is 0 Å². The highest BCUT2D eigenvalue weighted by Gasteiger charge is 2.14. The van der Waals surface area contributed by atoms with Gasteiger partial charge >= 0.3 is 12.1 Å². The SMILES string of the molecule is NC(=O)N(N)c1cc(O)cc(N(N)C(N)=O)c1. The van der Waals surface area contributed by atoms with E-state index in [4.69, 9.17) is 23.2 Å². The molecule has 0 fully saturated rings. The number of amides is 4. The fraction of sp³-hybridized carbons (Fsp3) is 0. The van der Waals surface area contributed by atoms with E-state index in [0.717, 1.165) is 0 Å². The number of hydrazine groups is 2. The molecule has 1 aromatic carbocycles. The van der Waals surface area contributed by atoms with Crippen LogP contribution in [0.3, 0.4) is 0 Å². The molecule has 1 rings (SSSR count). The molecule has 0 atom stereocenters. The van der Waals surface area contributed by atoms with Gasteiger partial charge in [0, 0.05) is 12.1 Å². The van der Waals surface area contributed by atoms with Crippen LogP contribution in [0.1, 0.15) is 0 Å². The molecule has 0 heterocycles. The minimum absolute atomic E-state index is 0.0594. The highest BCUT2D eigenvalue weighted by Crippen LogP contribution is 2.26. The van der Waals surface area contributed by atoms with E-state index in [1.807, 2.05) is 0 Å². The number of carbonyl (C=O) groups is 2. The number of benzene rings is 1. The van der Waals surface area contributed by atoms with Gasteiger partial charge in [-0.3, -0.25) is 0 Å². The van der Waals surface area contributed by atoms with Gasteiger partial charge < -0.3 is 16.6 Å². The normalized spacial score (nSPS) is 9.76. The summed E-state index contributed by atoms with van der Waals surface area (Å²) in [5, 5.41) is 10.5. The van der Waals surface area contributed by atoms with Crippen molar-refractivity contribution in [3.8, 4) is 5.75 Å². The van der Waals surface area contributed by atoms with E-state index in [1.165, 1.54) is 18.2 Å². The summed E-state index contributed by atoms with van der Waals surface area (Å²) in [5.41, 5.74) is 10.0. The first-order valence-electron chi connectivity index (χ1n) is 4.35. The fourth-order valence-electron chi connectivity index (χ4n) is 1.11. The Morgan fingerprint density at radius 3 is 1.59 bits per heavy atom. The van der Waals surface area contributed by atoms with Crippen LogP contribution in [0.2, 0.25) is 0 Å². The Morgan fingerprint density at radius 1 is 0.941 bits per heavy atom. The van der Waals surface area contributed by atoms with Crippen LogP contribution in [-0.2, 0) is 0 Å². The average molecular weight is 240 g/mol. The van der Waals surface area contributed by atoms with Gasteiger partial charge in [0.25, 0.3) is 0 Å². The summed E-state index contributed by atoms with van der Waals surface area (Å²) >= 11 is 0. The average Bonchev–Trinajstić information content (AvgIpc) is 2.25. The largest absolute Gasteiger partial charge is 0.508 e. The quantitative estimate of drug-likeness (QED) is 0.251. The van der Waals surface area contributed by atoms with Crippen LogP contribution < -0.4 is 33.2 Å². The minimum atomic E-state index is -0.941. The number of hydrogen-bond acceptors (Lipinski definition) is 5. The molecule has 1 aromatic rings. The number of carbonyl (C=O) groups excluding carboxylic acids is 2. The second-order valence-corrected chi connectivity index (χ2v) is 3.12. The third kappa shape index (κ3) is 2.74. The molecule has 0 radical (unpaired) electrons. The highest BCUT2D eigenvalue weighted by atomic mass is 16.3. The van der Waals surface area contributed by atoms with Crippen molar-refractivity contribution < 1.29 is 14.7 Å². The van der Waals surface area contributed by atoms with Gasteiger partial charge in [-0.2, -0.15) is 0 Å². The molecule has 0 bridgehead atoms. The summed E-state index contributed by atoms with van der Waals surface area (Å²) in [6, 6.07) is 1.72. The van der Waals surface area contributed by atoms with Crippen LogP contribution in [0, 0.1) is 0 Å². The number of anilines is 2. The fourth-order valence-corrected chi connectivity index (χ4v) is 1.11. The lowest BCUT2D eigenvalue weighted by molar-refractivity contribution is 0.253. The van der Waals surface area contributed by atoms with E-state index < -0.39 is 12.1 Å². The summed E-state index contributed by atoms with van der Waals surface area (Å²) in [5.74, 6) is 10.4. The Kier molecular flexibility index (Phi) is 3.36. The van der Waals surface area contributed by atoms with Gasteiger partial charge in [-0.25, -0.2) is 31.3 Å². The lowest BCUT2D eigenvalue weighted by Gasteiger charge is -2.18. The number of nitrogens with two attached hydrogens (primary N) is 4. The van der Waals surface area contributed by atoms with Crippen molar-refractivity contribution in [2.45, 2.75) is 0 Å². The van der Waals surface area contributed by atoms with E-state index in [0.29, 0.717) is 10.0 Å². The van der Waals surface area contributed by atoms with Gasteiger partial charge in [-0.15, -0.1) is 0 Å². The first kappa shape index (κ1) is 12.5. The van der Waals surface area contributed by atoms with Crippen LogP contribution >= 0.6 is 0 Å². The monoisotopic (exact) mass is 240 g/mol. The molecule has 92 valence electrons. The predicted molar refractivity (Wildman–Crippen MR) is 60.6 cm³/mol. The molecule has 0 spiro atoms. The van der Waals surface area contributed by atoms with E-state index in [2.05, 4.69) is 0 Å². The number of urea groups is 2. The van der Waals surface area contributed by atoms with E-state index in [1.54, 1.807) is 0 Å². The number of nitrogens with zero attached hydrogens (tertiary/aromatic N) is 2. The molecule has 0 saturated heterocycles. The van der Waals surface area contributed by atoms with Crippen LogP contribution in [0.5, 0.6) is 5.75 Å². The number of primary amides is 2. The number of hydrogen-bond donors (Lipinski definition) is 5. The van der Waals surface area contributed by atoms with E-state index in [-0.39, 0.29) is 17.1 Å². The van der Waals surface area contributed by atoms with Gasteiger partial charge in [0.1, 0.15) is 5.75 Å². The van der Waals surface area contributed by atoms with E-state index >= 15 is 0 Å². The molecule has 4 amide bonds. The van der Waals surface area contributed by atoms with Gasteiger partial charge in [-0.1, -0.05) is 0 Å². The lowest BCUT2D eigenvalue weighted by Crippen LogP contribution is -2.43. The maximum Gasteiger partial charge on any atom is 0.333 e. The van der Waals surface area contributed by atoms with Crippen molar-refractivity contribution >= 4 is 23.4 Å². The zero-order valence-corrected chi connectivity index (χ0v) is 8.70. The van der Waals surface area contributed by atoms with Crippen molar-refractivity contribution in [2.75, 3.05) is 10.0 Å². The summed E-state index contributed by atoms with van der Waals surface area (Å²) in [6.07, 6.45) is 0. The molecule has 0 aromatic heterocycles. The zero-order valence-electron chi connectivity index (χ0n) is 8.70. The number of phenolic OH excluding ortho intramolecular Hbond substituents is 1. The summed E-state index contributed by atoms with van der Waals surface area (Å²) in [6.45, 7) is 0. The van der Waals surface area contributed by atoms with Crippen LogP contribution in [0.25, 0.3) is 0 Å². The number of rotatable bonds is 2. The number of phenols is 1.